The third-order valence-electron chi connectivity index (χ3n) is 3.35. The van der Waals surface area contributed by atoms with Gasteiger partial charge in [-0.05, 0) is 48.5 Å². The van der Waals surface area contributed by atoms with Crippen LogP contribution in [0.15, 0.2) is 65.2 Å². The number of nitrogens with zero attached hydrogens (tertiary/aromatic N) is 1. The van der Waals surface area contributed by atoms with Crippen molar-refractivity contribution >= 4 is 5.91 Å². The zero-order valence-electron chi connectivity index (χ0n) is 12.3. The van der Waals surface area contributed by atoms with Crippen LogP contribution in [0.4, 0.5) is 4.39 Å². The van der Waals surface area contributed by atoms with Gasteiger partial charge in [-0.15, -0.1) is 0 Å². The summed E-state index contributed by atoms with van der Waals surface area (Å²) in [7, 11) is 0. The van der Waals surface area contributed by atoms with Crippen LogP contribution in [0, 0.1) is 5.82 Å². The lowest BCUT2D eigenvalue weighted by Crippen LogP contribution is -2.25. The van der Waals surface area contributed by atoms with Crippen molar-refractivity contribution in [3.8, 4) is 11.3 Å². The number of halogens is 1. The van der Waals surface area contributed by atoms with E-state index < -0.39 is 0 Å². The molecule has 3 aromatic rings. The Kier molecular flexibility index (Phi) is 4.47. The fraction of sp³-hybridized carbons (Fsp3) is 0.111. The minimum atomic E-state index is -0.312. The van der Waals surface area contributed by atoms with Crippen LogP contribution in [0.1, 0.15) is 16.2 Å². The first kappa shape index (κ1) is 15.0. The van der Waals surface area contributed by atoms with Gasteiger partial charge in [-0.1, -0.05) is 6.07 Å². The number of amides is 1. The van der Waals surface area contributed by atoms with Crippen LogP contribution in [-0.4, -0.2) is 17.4 Å². The van der Waals surface area contributed by atoms with Gasteiger partial charge >= 0.3 is 0 Å². The summed E-state index contributed by atoms with van der Waals surface area (Å²) in [6.45, 7) is 0.475. The third kappa shape index (κ3) is 3.83. The average Bonchev–Trinajstić information content (AvgIpc) is 3.06. The Hall–Kier alpha value is -2.95. The smallest absolute Gasteiger partial charge is 0.287 e. The standard InChI is InChI=1S/C18H15FN2O2/c19-14-6-4-13(5-7-14)16-8-9-17(23-16)18(22)21-12-10-15-3-1-2-11-20-15/h1-9,11H,10,12H2,(H,21,22). The van der Waals surface area contributed by atoms with Crippen molar-refractivity contribution in [1.29, 1.82) is 0 Å². The lowest BCUT2D eigenvalue weighted by molar-refractivity contribution is 0.0927. The van der Waals surface area contributed by atoms with Crippen molar-refractivity contribution < 1.29 is 13.6 Å². The Morgan fingerprint density at radius 2 is 1.91 bits per heavy atom. The largest absolute Gasteiger partial charge is 0.451 e. The molecule has 116 valence electrons. The van der Waals surface area contributed by atoms with Crippen molar-refractivity contribution in [3.63, 3.8) is 0 Å². The van der Waals surface area contributed by atoms with Crippen molar-refractivity contribution in [3.05, 3.63) is 78.1 Å². The fourth-order valence-corrected chi connectivity index (χ4v) is 2.17. The van der Waals surface area contributed by atoms with Gasteiger partial charge in [-0.2, -0.15) is 0 Å². The molecule has 0 aliphatic carbocycles. The molecule has 0 aliphatic rings. The zero-order valence-corrected chi connectivity index (χ0v) is 12.3. The van der Waals surface area contributed by atoms with Gasteiger partial charge in [0.25, 0.3) is 5.91 Å². The fourth-order valence-electron chi connectivity index (χ4n) is 2.17. The van der Waals surface area contributed by atoms with Crippen LogP contribution in [0.2, 0.25) is 0 Å². The van der Waals surface area contributed by atoms with Crippen LogP contribution in [-0.2, 0) is 6.42 Å². The van der Waals surface area contributed by atoms with Gasteiger partial charge < -0.3 is 9.73 Å². The topological polar surface area (TPSA) is 55.1 Å². The van der Waals surface area contributed by atoms with Gasteiger partial charge in [0.05, 0.1) is 0 Å². The number of hydrogen-bond donors (Lipinski definition) is 1. The molecule has 2 heterocycles. The van der Waals surface area contributed by atoms with Gasteiger partial charge in [0, 0.05) is 30.4 Å². The van der Waals surface area contributed by atoms with Gasteiger partial charge in [0.2, 0.25) is 0 Å². The number of rotatable bonds is 5. The molecule has 0 saturated carbocycles. The van der Waals surface area contributed by atoms with Crippen LogP contribution < -0.4 is 5.32 Å². The molecule has 0 fully saturated rings. The molecule has 0 aliphatic heterocycles. The number of pyridine rings is 1. The number of aromatic nitrogens is 1. The molecule has 0 bridgehead atoms. The second-order valence-corrected chi connectivity index (χ2v) is 5.00. The molecule has 5 heteroatoms. The molecular formula is C18H15FN2O2. The van der Waals surface area contributed by atoms with E-state index in [4.69, 9.17) is 4.42 Å². The van der Waals surface area contributed by atoms with Crippen molar-refractivity contribution in [2.24, 2.45) is 0 Å². The van der Waals surface area contributed by atoms with Crippen LogP contribution in [0.3, 0.4) is 0 Å². The van der Waals surface area contributed by atoms with E-state index in [1.807, 2.05) is 18.2 Å². The predicted molar refractivity (Wildman–Crippen MR) is 84.4 cm³/mol. The van der Waals surface area contributed by atoms with E-state index in [0.29, 0.717) is 18.7 Å². The zero-order chi connectivity index (χ0) is 16.1. The molecule has 1 N–H and O–H groups in total. The highest BCUT2D eigenvalue weighted by Crippen LogP contribution is 2.22. The van der Waals surface area contributed by atoms with Crippen molar-refractivity contribution in [1.82, 2.24) is 10.3 Å². The second-order valence-electron chi connectivity index (χ2n) is 5.00. The van der Waals surface area contributed by atoms with Gasteiger partial charge in [-0.3, -0.25) is 9.78 Å². The maximum absolute atomic E-state index is 12.9. The van der Waals surface area contributed by atoms with E-state index in [1.165, 1.54) is 12.1 Å². The Bertz CT molecular complexity index is 782. The summed E-state index contributed by atoms with van der Waals surface area (Å²) in [4.78, 5) is 16.2. The van der Waals surface area contributed by atoms with Gasteiger partial charge in [0.1, 0.15) is 11.6 Å². The Balaban J connectivity index is 1.59. The van der Waals surface area contributed by atoms with Crippen LogP contribution >= 0.6 is 0 Å². The number of carbonyl (C=O) groups is 1. The molecule has 2 aromatic heterocycles. The molecule has 0 spiro atoms. The maximum Gasteiger partial charge on any atom is 0.287 e. The first-order valence-corrected chi connectivity index (χ1v) is 7.26. The summed E-state index contributed by atoms with van der Waals surface area (Å²) in [5, 5.41) is 2.79. The number of nitrogens with one attached hydrogen (secondary N) is 1. The molecular weight excluding hydrogens is 295 g/mol. The SMILES string of the molecule is O=C(NCCc1ccccn1)c1ccc(-c2ccc(F)cc2)o1. The summed E-state index contributed by atoms with van der Waals surface area (Å²) in [6, 6.07) is 14.9. The number of benzene rings is 1. The van der Waals surface area contributed by atoms with E-state index in [-0.39, 0.29) is 17.5 Å². The molecule has 0 unspecified atom stereocenters. The Morgan fingerprint density at radius 1 is 1.09 bits per heavy atom. The van der Waals surface area contributed by atoms with E-state index in [9.17, 15) is 9.18 Å². The molecule has 23 heavy (non-hydrogen) atoms. The van der Waals surface area contributed by atoms with Gasteiger partial charge in [-0.25, -0.2) is 4.39 Å². The molecule has 1 amide bonds. The quantitative estimate of drug-likeness (QED) is 0.785. The van der Waals surface area contributed by atoms with Crippen LogP contribution in [0.25, 0.3) is 11.3 Å². The van der Waals surface area contributed by atoms with Crippen molar-refractivity contribution in [2.45, 2.75) is 6.42 Å². The summed E-state index contributed by atoms with van der Waals surface area (Å²) < 4.78 is 18.4. The monoisotopic (exact) mass is 310 g/mol. The van der Waals surface area contributed by atoms with Gasteiger partial charge in [0.15, 0.2) is 5.76 Å². The van der Waals surface area contributed by atoms with Crippen LogP contribution in [0.5, 0.6) is 0 Å². The number of carbonyl (C=O) groups excluding carboxylic acids is 1. The maximum atomic E-state index is 12.9. The summed E-state index contributed by atoms with van der Waals surface area (Å²) in [6.07, 6.45) is 2.37. The molecule has 0 radical (unpaired) electrons. The minimum Gasteiger partial charge on any atom is -0.451 e. The summed E-state index contributed by atoms with van der Waals surface area (Å²) >= 11 is 0. The summed E-state index contributed by atoms with van der Waals surface area (Å²) in [5.74, 6) is 0.160. The lowest BCUT2D eigenvalue weighted by atomic mass is 10.2. The second kappa shape index (κ2) is 6.87. The van der Waals surface area contributed by atoms with E-state index in [1.54, 1.807) is 30.5 Å². The Morgan fingerprint density at radius 3 is 2.65 bits per heavy atom. The molecule has 3 rings (SSSR count). The lowest BCUT2D eigenvalue weighted by Gasteiger charge is -2.03. The highest BCUT2D eigenvalue weighted by molar-refractivity contribution is 5.92. The number of furan rings is 1. The Labute approximate surface area is 133 Å². The highest BCUT2D eigenvalue weighted by atomic mass is 19.1. The minimum absolute atomic E-state index is 0.227. The molecule has 1 aromatic carbocycles. The number of hydrogen-bond acceptors (Lipinski definition) is 3. The summed E-state index contributed by atoms with van der Waals surface area (Å²) in [5.41, 5.74) is 1.64. The highest BCUT2D eigenvalue weighted by Gasteiger charge is 2.12. The first-order valence-electron chi connectivity index (χ1n) is 7.26. The molecule has 0 atom stereocenters. The van der Waals surface area contributed by atoms with E-state index >= 15 is 0 Å². The predicted octanol–water partition coefficient (Wildman–Crippen LogP) is 3.45. The molecule has 0 saturated heterocycles. The third-order valence-corrected chi connectivity index (χ3v) is 3.35. The normalized spacial score (nSPS) is 10.5. The average molecular weight is 310 g/mol. The first-order chi connectivity index (χ1) is 11.2. The van der Waals surface area contributed by atoms with Crippen molar-refractivity contribution in [2.75, 3.05) is 6.54 Å². The van der Waals surface area contributed by atoms with E-state index in [2.05, 4.69) is 10.3 Å². The molecule has 4 nitrogen and oxygen atoms in total. The van der Waals surface area contributed by atoms with E-state index in [0.717, 1.165) is 11.3 Å².